The van der Waals surface area contributed by atoms with Crippen molar-refractivity contribution in [1.29, 1.82) is 0 Å². The molecule has 1 atom stereocenters. The number of rotatable bonds is 6. The molecule has 21 heavy (non-hydrogen) atoms. The van der Waals surface area contributed by atoms with Crippen LogP contribution in [-0.2, 0) is 16.6 Å². The molecule has 5 nitrogen and oxygen atoms in total. The lowest BCUT2D eigenvalue weighted by Crippen LogP contribution is -2.23. The third-order valence-corrected chi connectivity index (χ3v) is 4.51. The highest BCUT2D eigenvalue weighted by Crippen LogP contribution is 2.19. The number of hydrogen-bond acceptors (Lipinski definition) is 4. The van der Waals surface area contributed by atoms with Crippen LogP contribution in [0.4, 0.5) is 0 Å². The van der Waals surface area contributed by atoms with Gasteiger partial charge in [0.25, 0.3) is 0 Å². The number of nitrogens with one attached hydrogen (secondary N) is 1. The van der Waals surface area contributed by atoms with Crippen molar-refractivity contribution in [3.05, 3.63) is 59.9 Å². The van der Waals surface area contributed by atoms with Crippen molar-refractivity contribution in [3.8, 4) is 0 Å². The Labute approximate surface area is 124 Å². The van der Waals surface area contributed by atoms with Gasteiger partial charge in [0.1, 0.15) is 0 Å². The van der Waals surface area contributed by atoms with Crippen LogP contribution in [0.5, 0.6) is 0 Å². The predicted molar refractivity (Wildman–Crippen MR) is 80.0 cm³/mol. The van der Waals surface area contributed by atoms with Gasteiger partial charge in [0.2, 0.25) is 10.0 Å². The molecule has 0 spiro atoms. The first kappa shape index (κ1) is 15.6. The van der Waals surface area contributed by atoms with E-state index in [9.17, 15) is 13.5 Å². The Hall–Kier alpha value is -1.76. The Bertz CT molecular complexity index is 687. The summed E-state index contributed by atoms with van der Waals surface area (Å²) < 4.78 is 27.0. The summed E-state index contributed by atoms with van der Waals surface area (Å²) in [6.07, 6.45) is 1.49. The molecule has 2 aromatic rings. The number of aliphatic hydroxyl groups excluding tert-OH is 1. The third kappa shape index (κ3) is 4.10. The number of hydrogen-bond donors (Lipinski definition) is 2. The van der Waals surface area contributed by atoms with E-state index in [1.807, 2.05) is 6.92 Å². The molecule has 0 aliphatic rings. The Kier molecular flexibility index (Phi) is 5.06. The first-order chi connectivity index (χ1) is 10.0. The molecule has 0 radical (unpaired) electrons. The van der Waals surface area contributed by atoms with Crippen LogP contribution in [0.25, 0.3) is 0 Å². The quantitative estimate of drug-likeness (QED) is 0.855. The number of pyridine rings is 1. The van der Waals surface area contributed by atoms with Gasteiger partial charge in [-0.3, -0.25) is 4.98 Å². The maximum Gasteiger partial charge on any atom is 0.240 e. The van der Waals surface area contributed by atoms with Crippen LogP contribution in [-0.4, -0.2) is 18.5 Å². The zero-order valence-corrected chi connectivity index (χ0v) is 12.5. The molecule has 6 heteroatoms. The minimum absolute atomic E-state index is 0.129. The van der Waals surface area contributed by atoms with Crippen LogP contribution in [0, 0.1) is 0 Å². The normalized spacial score (nSPS) is 13.0. The van der Waals surface area contributed by atoms with E-state index in [1.165, 1.54) is 12.1 Å². The lowest BCUT2D eigenvalue weighted by molar-refractivity contribution is 0.173. The van der Waals surface area contributed by atoms with Gasteiger partial charge in [-0.15, -0.1) is 0 Å². The van der Waals surface area contributed by atoms with Gasteiger partial charge in [-0.05, 0) is 36.2 Å². The average molecular weight is 306 g/mol. The van der Waals surface area contributed by atoms with Crippen molar-refractivity contribution in [2.24, 2.45) is 0 Å². The summed E-state index contributed by atoms with van der Waals surface area (Å²) in [5.74, 6) is 0. The molecule has 1 heterocycles. The number of aliphatic hydroxyl groups is 1. The molecule has 0 bridgehead atoms. The molecule has 0 saturated heterocycles. The van der Waals surface area contributed by atoms with E-state index in [0.717, 1.165) is 0 Å². The van der Waals surface area contributed by atoms with Crippen molar-refractivity contribution in [2.75, 3.05) is 0 Å². The van der Waals surface area contributed by atoms with E-state index in [2.05, 4.69) is 9.71 Å². The molecule has 0 aliphatic heterocycles. The van der Waals surface area contributed by atoms with Gasteiger partial charge in [-0.2, -0.15) is 0 Å². The molecule has 1 unspecified atom stereocenters. The Morgan fingerprint density at radius 1 is 1.24 bits per heavy atom. The highest BCUT2D eigenvalue weighted by atomic mass is 32.2. The van der Waals surface area contributed by atoms with Crippen LogP contribution >= 0.6 is 0 Å². The smallest absolute Gasteiger partial charge is 0.240 e. The monoisotopic (exact) mass is 306 g/mol. The topological polar surface area (TPSA) is 79.3 Å². The van der Waals surface area contributed by atoms with Gasteiger partial charge in [-0.1, -0.05) is 25.1 Å². The van der Waals surface area contributed by atoms with Gasteiger partial charge < -0.3 is 5.11 Å². The van der Waals surface area contributed by atoms with Crippen LogP contribution in [0.3, 0.4) is 0 Å². The maximum absolute atomic E-state index is 12.2. The van der Waals surface area contributed by atoms with Crippen LogP contribution in [0.15, 0.2) is 53.6 Å². The first-order valence-electron chi connectivity index (χ1n) is 6.70. The van der Waals surface area contributed by atoms with Gasteiger partial charge in [-0.25, -0.2) is 13.1 Å². The van der Waals surface area contributed by atoms with Gasteiger partial charge in [0.05, 0.1) is 23.2 Å². The lowest BCUT2D eigenvalue weighted by Gasteiger charge is -2.11. The summed E-state index contributed by atoms with van der Waals surface area (Å²) in [6, 6.07) is 11.7. The van der Waals surface area contributed by atoms with E-state index < -0.39 is 16.1 Å². The number of nitrogens with zero attached hydrogens (tertiary/aromatic N) is 1. The number of sulfonamides is 1. The van der Waals surface area contributed by atoms with E-state index >= 15 is 0 Å². The second-order valence-electron chi connectivity index (χ2n) is 4.64. The standard InChI is InChI=1S/C15H18N2O3S/c1-2-15(18)12-6-5-8-14(10-12)21(19,20)17-11-13-7-3-4-9-16-13/h3-10,15,17-18H,2,11H2,1H3. The number of benzene rings is 1. The zero-order valence-electron chi connectivity index (χ0n) is 11.7. The maximum atomic E-state index is 12.2. The minimum Gasteiger partial charge on any atom is -0.388 e. The van der Waals surface area contributed by atoms with Crippen LogP contribution < -0.4 is 4.72 Å². The van der Waals surface area contributed by atoms with Crippen molar-refractivity contribution in [1.82, 2.24) is 9.71 Å². The highest BCUT2D eigenvalue weighted by molar-refractivity contribution is 7.89. The SMILES string of the molecule is CCC(O)c1cccc(S(=O)(=O)NCc2ccccn2)c1. The minimum atomic E-state index is -3.62. The fourth-order valence-corrected chi connectivity index (χ4v) is 2.93. The zero-order chi connectivity index (χ0) is 15.3. The van der Waals surface area contributed by atoms with Gasteiger partial charge in [0, 0.05) is 6.20 Å². The largest absolute Gasteiger partial charge is 0.388 e. The third-order valence-electron chi connectivity index (χ3n) is 3.11. The van der Waals surface area contributed by atoms with E-state index in [4.69, 9.17) is 0 Å². The fraction of sp³-hybridized carbons (Fsp3) is 0.267. The van der Waals surface area contributed by atoms with Crippen molar-refractivity contribution in [2.45, 2.75) is 30.9 Å². The van der Waals surface area contributed by atoms with E-state index in [0.29, 0.717) is 17.7 Å². The highest BCUT2D eigenvalue weighted by Gasteiger charge is 2.16. The van der Waals surface area contributed by atoms with Crippen LogP contribution in [0.2, 0.25) is 0 Å². The Morgan fingerprint density at radius 2 is 2.05 bits per heavy atom. The Balaban J connectivity index is 2.16. The van der Waals surface area contributed by atoms with Crippen molar-refractivity contribution in [3.63, 3.8) is 0 Å². The molecular weight excluding hydrogens is 288 g/mol. The van der Waals surface area contributed by atoms with Crippen LogP contribution in [0.1, 0.15) is 30.7 Å². The van der Waals surface area contributed by atoms with Gasteiger partial charge in [0.15, 0.2) is 0 Å². The first-order valence-corrected chi connectivity index (χ1v) is 8.19. The molecule has 1 aromatic heterocycles. The second-order valence-corrected chi connectivity index (χ2v) is 6.41. The average Bonchev–Trinajstić information content (AvgIpc) is 2.53. The molecule has 0 amide bonds. The second kappa shape index (κ2) is 6.80. The fourth-order valence-electron chi connectivity index (χ4n) is 1.88. The van der Waals surface area contributed by atoms with Crippen molar-refractivity contribution < 1.29 is 13.5 Å². The number of aromatic nitrogens is 1. The summed E-state index contributed by atoms with van der Waals surface area (Å²) >= 11 is 0. The molecule has 2 N–H and O–H groups in total. The molecule has 112 valence electrons. The summed E-state index contributed by atoms with van der Waals surface area (Å²) in [7, 11) is -3.62. The van der Waals surface area contributed by atoms with Gasteiger partial charge >= 0.3 is 0 Å². The van der Waals surface area contributed by atoms with Crippen molar-refractivity contribution >= 4 is 10.0 Å². The lowest BCUT2D eigenvalue weighted by atomic mass is 10.1. The predicted octanol–water partition coefficient (Wildman–Crippen LogP) is 2.00. The van der Waals surface area contributed by atoms with E-state index in [1.54, 1.807) is 36.5 Å². The summed E-state index contributed by atoms with van der Waals surface area (Å²) in [6.45, 7) is 1.97. The molecule has 0 fully saturated rings. The summed E-state index contributed by atoms with van der Waals surface area (Å²) in [5, 5.41) is 9.80. The summed E-state index contributed by atoms with van der Waals surface area (Å²) in [5.41, 5.74) is 1.24. The molecular formula is C15H18N2O3S. The van der Waals surface area contributed by atoms with E-state index in [-0.39, 0.29) is 11.4 Å². The molecule has 0 aliphatic carbocycles. The molecule has 0 saturated carbocycles. The molecule has 1 aromatic carbocycles. The molecule has 2 rings (SSSR count). The summed E-state index contributed by atoms with van der Waals surface area (Å²) in [4.78, 5) is 4.21. The Morgan fingerprint density at radius 3 is 2.71 bits per heavy atom.